The van der Waals surface area contributed by atoms with Crippen molar-refractivity contribution in [2.45, 2.75) is 38.1 Å². The van der Waals surface area contributed by atoms with Gasteiger partial charge in [0.2, 0.25) is 5.91 Å². The number of rotatable bonds is 4. The second kappa shape index (κ2) is 7.79. The molecule has 6 heteroatoms. The topological polar surface area (TPSA) is 81.9 Å². The van der Waals surface area contributed by atoms with E-state index in [4.69, 9.17) is 0 Å². The number of aromatic nitrogens is 2. The van der Waals surface area contributed by atoms with E-state index in [0.717, 1.165) is 30.3 Å². The number of likely N-dealkylation sites (N-methyl/N-ethyl adjacent to an activating group) is 1. The third kappa shape index (κ3) is 4.00. The van der Waals surface area contributed by atoms with Crippen LogP contribution in [0.3, 0.4) is 0 Å². The molecule has 2 aromatic rings. The van der Waals surface area contributed by atoms with Crippen LogP contribution in [0.4, 0.5) is 0 Å². The summed E-state index contributed by atoms with van der Waals surface area (Å²) in [6.45, 7) is 2.63. The Morgan fingerprint density at radius 3 is 2.65 bits per heavy atom. The van der Waals surface area contributed by atoms with Crippen LogP contribution in [-0.2, 0) is 4.79 Å². The Morgan fingerprint density at radius 2 is 1.96 bits per heavy atom. The Hall–Kier alpha value is -2.52. The number of hydrogen-bond donors (Lipinski definition) is 1. The van der Waals surface area contributed by atoms with Gasteiger partial charge in [0.1, 0.15) is 11.6 Å². The second-order valence-corrected chi connectivity index (χ2v) is 7.58. The van der Waals surface area contributed by atoms with Crippen molar-refractivity contribution < 1.29 is 4.79 Å². The molecule has 1 saturated carbocycles. The Balaban J connectivity index is 1.86. The summed E-state index contributed by atoms with van der Waals surface area (Å²) < 4.78 is 0. The number of nitrogens with one attached hydrogen (secondary N) is 1. The lowest BCUT2D eigenvalue weighted by Gasteiger charge is -2.34. The summed E-state index contributed by atoms with van der Waals surface area (Å²) in [5.74, 6) is 0.883. The van der Waals surface area contributed by atoms with Crippen molar-refractivity contribution in [3.8, 4) is 6.07 Å². The predicted octanol–water partition coefficient (Wildman–Crippen LogP) is 2.45. The molecule has 1 aliphatic rings. The summed E-state index contributed by atoms with van der Waals surface area (Å²) in [7, 11) is 3.79. The van der Waals surface area contributed by atoms with Crippen molar-refractivity contribution in [2.24, 2.45) is 5.92 Å². The molecule has 3 atom stereocenters. The molecule has 3 rings (SSSR count). The molecule has 136 valence electrons. The standard InChI is InChI=1S/C20H25N5O/c1-13-8-15(10-16(9-13)24-18(26)12-25(2)3)17-5-4-14(11-21)19-20(17)23-7-6-22-19/h4-7,13,15-16H,8-10,12H2,1-3H3,(H,24,26). The summed E-state index contributed by atoms with van der Waals surface area (Å²) in [4.78, 5) is 22.9. The van der Waals surface area contributed by atoms with Crippen molar-refractivity contribution in [1.29, 1.82) is 5.26 Å². The van der Waals surface area contributed by atoms with Gasteiger partial charge >= 0.3 is 0 Å². The predicted molar refractivity (Wildman–Crippen MR) is 100 cm³/mol. The van der Waals surface area contributed by atoms with Crippen LogP contribution in [0, 0.1) is 17.2 Å². The van der Waals surface area contributed by atoms with Crippen molar-refractivity contribution in [3.63, 3.8) is 0 Å². The van der Waals surface area contributed by atoms with E-state index < -0.39 is 0 Å². The van der Waals surface area contributed by atoms with Crippen LogP contribution in [0.25, 0.3) is 11.0 Å². The molecule has 26 heavy (non-hydrogen) atoms. The van der Waals surface area contributed by atoms with E-state index in [1.54, 1.807) is 12.4 Å². The Bertz CT molecular complexity index is 842. The maximum Gasteiger partial charge on any atom is 0.234 e. The molecule has 0 bridgehead atoms. The maximum absolute atomic E-state index is 12.2. The van der Waals surface area contributed by atoms with E-state index in [-0.39, 0.29) is 11.9 Å². The van der Waals surface area contributed by atoms with Crippen molar-refractivity contribution in [1.82, 2.24) is 20.2 Å². The zero-order valence-corrected chi connectivity index (χ0v) is 15.6. The first kappa shape index (κ1) is 18.3. The minimum atomic E-state index is 0.0670. The number of carbonyl (C=O) groups excluding carboxylic acids is 1. The van der Waals surface area contributed by atoms with Gasteiger partial charge in [-0.3, -0.25) is 14.8 Å². The molecular formula is C20H25N5O. The fourth-order valence-electron chi connectivity index (χ4n) is 4.03. The van der Waals surface area contributed by atoms with Crippen molar-refractivity contribution >= 4 is 16.9 Å². The fourth-order valence-corrected chi connectivity index (χ4v) is 4.03. The third-order valence-electron chi connectivity index (χ3n) is 4.98. The maximum atomic E-state index is 12.2. The van der Waals surface area contributed by atoms with Gasteiger partial charge in [-0.1, -0.05) is 13.0 Å². The fraction of sp³-hybridized carbons (Fsp3) is 0.500. The van der Waals surface area contributed by atoms with Crippen molar-refractivity contribution in [2.75, 3.05) is 20.6 Å². The molecule has 0 radical (unpaired) electrons. The van der Waals surface area contributed by atoms with Gasteiger partial charge in [0.25, 0.3) is 0 Å². The van der Waals surface area contributed by atoms with E-state index in [2.05, 4.69) is 28.3 Å². The molecule has 1 amide bonds. The average molecular weight is 351 g/mol. The number of carbonyl (C=O) groups is 1. The van der Waals surface area contributed by atoms with E-state index in [1.165, 1.54) is 0 Å². The largest absolute Gasteiger partial charge is 0.352 e. The van der Waals surface area contributed by atoms with E-state index in [0.29, 0.717) is 29.5 Å². The molecular weight excluding hydrogens is 326 g/mol. The summed E-state index contributed by atoms with van der Waals surface area (Å²) >= 11 is 0. The molecule has 3 unspecified atom stereocenters. The number of benzene rings is 1. The highest BCUT2D eigenvalue weighted by atomic mass is 16.2. The number of hydrogen-bond acceptors (Lipinski definition) is 5. The summed E-state index contributed by atoms with van der Waals surface area (Å²) in [6.07, 6.45) is 6.24. The molecule has 1 fully saturated rings. The highest BCUT2D eigenvalue weighted by Gasteiger charge is 2.30. The molecule has 0 spiro atoms. The van der Waals surface area contributed by atoms with Crippen molar-refractivity contribution in [3.05, 3.63) is 35.7 Å². The van der Waals surface area contributed by atoms with Gasteiger partial charge in [0.15, 0.2) is 0 Å². The molecule has 1 heterocycles. The summed E-state index contributed by atoms with van der Waals surface area (Å²) in [5.41, 5.74) is 3.16. The van der Waals surface area contributed by atoms with Gasteiger partial charge in [-0.25, -0.2) is 0 Å². The average Bonchev–Trinajstić information content (AvgIpc) is 2.59. The lowest BCUT2D eigenvalue weighted by Crippen LogP contribution is -2.43. The van der Waals surface area contributed by atoms with E-state index in [1.807, 2.05) is 31.1 Å². The Kier molecular flexibility index (Phi) is 5.48. The molecule has 1 aromatic carbocycles. The SMILES string of the molecule is CC1CC(NC(=O)CN(C)C)CC(c2ccc(C#N)c3nccnc23)C1. The normalized spacial score (nSPS) is 23.0. The quantitative estimate of drug-likeness (QED) is 0.915. The van der Waals surface area contributed by atoms with Crippen LogP contribution in [-0.4, -0.2) is 47.5 Å². The van der Waals surface area contributed by atoms with Crippen LogP contribution in [0.1, 0.15) is 43.2 Å². The van der Waals surface area contributed by atoms with Gasteiger partial charge in [-0.2, -0.15) is 5.26 Å². The lowest BCUT2D eigenvalue weighted by atomic mass is 9.75. The first-order valence-electron chi connectivity index (χ1n) is 9.05. The van der Waals surface area contributed by atoms with Gasteiger partial charge in [-0.15, -0.1) is 0 Å². The number of amides is 1. The van der Waals surface area contributed by atoms with Crippen LogP contribution in [0.15, 0.2) is 24.5 Å². The third-order valence-corrected chi connectivity index (χ3v) is 4.98. The van der Waals surface area contributed by atoms with Gasteiger partial charge in [0, 0.05) is 18.4 Å². The minimum absolute atomic E-state index is 0.0670. The van der Waals surface area contributed by atoms with E-state index in [9.17, 15) is 10.1 Å². The lowest BCUT2D eigenvalue weighted by molar-refractivity contribution is -0.122. The van der Waals surface area contributed by atoms with E-state index >= 15 is 0 Å². The molecule has 1 N–H and O–H groups in total. The number of nitriles is 1. The monoisotopic (exact) mass is 351 g/mol. The van der Waals surface area contributed by atoms with Gasteiger partial charge in [-0.05, 0) is 56.8 Å². The second-order valence-electron chi connectivity index (χ2n) is 7.58. The molecule has 0 saturated heterocycles. The van der Waals surface area contributed by atoms with Crippen LogP contribution in [0.2, 0.25) is 0 Å². The zero-order valence-electron chi connectivity index (χ0n) is 15.6. The van der Waals surface area contributed by atoms with Gasteiger partial charge in [0.05, 0.1) is 17.6 Å². The summed E-state index contributed by atoms with van der Waals surface area (Å²) in [5, 5.41) is 12.5. The van der Waals surface area contributed by atoms with Crippen LogP contribution >= 0.6 is 0 Å². The Labute approximate surface area is 154 Å². The minimum Gasteiger partial charge on any atom is -0.352 e. The Morgan fingerprint density at radius 1 is 1.23 bits per heavy atom. The number of nitrogens with zero attached hydrogens (tertiary/aromatic N) is 4. The first-order chi connectivity index (χ1) is 12.5. The van der Waals surface area contributed by atoms with Gasteiger partial charge < -0.3 is 10.2 Å². The smallest absolute Gasteiger partial charge is 0.234 e. The zero-order chi connectivity index (χ0) is 18.7. The highest BCUT2D eigenvalue weighted by molar-refractivity contribution is 5.84. The molecule has 1 aromatic heterocycles. The number of fused-ring (bicyclic) bond motifs is 1. The highest BCUT2D eigenvalue weighted by Crippen LogP contribution is 2.38. The molecule has 6 nitrogen and oxygen atoms in total. The van der Waals surface area contributed by atoms with Crippen LogP contribution in [0.5, 0.6) is 0 Å². The molecule has 0 aliphatic heterocycles. The first-order valence-corrected chi connectivity index (χ1v) is 9.05. The van der Waals surface area contributed by atoms with Crippen LogP contribution < -0.4 is 5.32 Å². The summed E-state index contributed by atoms with van der Waals surface area (Å²) in [6, 6.07) is 6.21. The molecule has 1 aliphatic carbocycles.